The normalized spacial score (nSPS) is 14.8. The summed E-state index contributed by atoms with van der Waals surface area (Å²) < 4.78 is 4.18. The van der Waals surface area contributed by atoms with Gasteiger partial charge < -0.3 is 56.4 Å². The first-order valence-electron chi connectivity index (χ1n) is 15.5. The summed E-state index contributed by atoms with van der Waals surface area (Å²) >= 11 is 0. The average molecular weight is 808 g/mol. The van der Waals surface area contributed by atoms with Gasteiger partial charge in [0.25, 0.3) is 0 Å². The highest BCUT2D eigenvalue weighted by molar-refractivity contribution is 5.80. The molecule has 1 saturated carbocycles. The van der Waals surface area contributed by atoms with Crippen molar-refractivity contribution in [2.45, 2.75) is 53.0 Å². The quantitative estimate of drug-likeness (QED) is 0.0717. The van der Waals surface area contributed by atoms with Crippen molar-refractivity contribution in [3.05, 3.63) is 63.3 Å². The molecule has 2 atom stereocenters. The largest absolute Gasteiger partial charge is 0.478 e. The van der Waals surface area contributed by atoms with Crippen molar-refractivity contribution in [1.82, 2.24) is 0 Å². The SMILES string of the molecule is C=CC(=O)O.C=CC(=O)O.C=CC(=O)O.C=CC(=O)O.C=CC(=O)O.CC1(C)CC(N=C=O)CC(C)(CN=C=O)C1.CCOC(N)=O.OCC(CO)(CO)CO. The Labute approximate surface area is 324 Å². The maximum atomic E-state index is 10.3. The van der Waals surface area contributed by atoms with Crippen molar-refractivity contribution in [2.24, 2.45) is 32.0 Å². The van der Waals surface area contributed by atoms with Gasteiger partial charge in [-0.05, 0) is 37.0 Å². The van der Waals surface area contributed by atoms with Crippen molar-refractivity contribution >= 4 is 48.1 Å². The number of carbonyl (C=O) groups is 6. The van der Waals surface area contributed by atoms with Crippen LogP contribution < -0.4 is 5.73 Å². The predicted molar refractivity (Wildman–Crippen MR) is 202 cm³/mol. The van der Waals surface area contributed by atoms with E-state index in [1.165, 1.54) is 0 Å². The number of hydrogen-bond donors (Lipinski definition) is 10. The molecule has 56 heavy (non-hydrogen) atoms. The number of aliphatic hydroxyl groups excluding tert-OH is 4. The maximum Gasteiger partial charge on any atom is 0.404 e. The van der Waals surface area contributed by atoms with Gasteiger partial charge in [-0.3, -0.25) is 0 Å². The third-order valence-corrected chi connectivity index (χ3v) is 5.68. The molecule has 0 spiro atoms. The van der Waals surface area contributed by atoms with Crippen LogP contribution in [-0.2, 0) is 38.3 Å². The molecule has 0 aromatic carbocycles. The number of ether oxygens (including phenoxy) is 1. The lowest BCUT2D eigenvalue weighted by molar-refractivity contribution is -0.132. The minimum Gasteiger partial charge on any atom is -0.478 e. The Morgan fingerprint density at radius 2 is 1.00 bits per heavy atom. The van der Waals surface area contributed by atoms with Gasteiger partial charge in [0.15, 0.2) is 0 Å². The molecule has 0 saturated heterocycles. The Hall–Kier alpha value is -6.08. The first-order valence-corrected chi connectivity index (χ1v) is 15.5. The third-order valence-electron chi connectivity index (χ3n) is 5.68. The van der Waals surface area contributed by atoms with Crippen LogP contribution >= 0.6 is 0 Å². The van der Waals surface area contributed by atoms with Gasteiger partial charge in [-0.2, -0.15) is 0 Å². The van der Waals surface area contributed by atoms with E-state index in [-0.39, 0.29) is 16.9 Å². The highest BCUT2D eigenvalue weighted by Gasteiger charge is 2.41. The molecule has 1 aliphatic rings. The van der Waals surface area contributed by atoms with Gasteiger partial charge in [-0.1, -0.05) is 53.7 Å². The number of nitrogens with two attached hydrogens (primary N) is 1. The number of primary amides is 1. The number of amides is 1. The number of aliphatic hydroxyl groups is 4. The molecule has 11 N–H and O–H groups in total. The first kappa shape index (κ1) is 64.9. The number of rotatable bonds is 13. The zero-order valence-electron chi connectivity index (χ0n) is 32.0. The number of carboxylic acids is 5. The number of hydrogen-bond acceptors (Lipinski definition) is 15. The second kappa shape index (κ2) is 41.7. The van der Waals surface area contributed by atoms with Gasteiger partial charge in [0.1, 0.15) is 0 Å². The summed E-state index contributed by atoms with van der Waals surface area (Å²) in [6, 6.07) is 0.00750. The summed E-state index contributed by atoms with van der Waals surface area (Å²) in [5, 5.41) is 72.0. The molecule has 1 aliphatic carbocycles. The smallest absolute Gasteiger partial charge is 0.404 e. The summed E-state index contributed by atoms with van der Waals surface area (Å²) in [5.74, 6) is -4.91. The van der Waals surface area contributed by atoms with E-state index >= 15 is 0 Å². The Bertz CT molecular complexity index is 1180. The number of isocyanates is 2. The maximum absolute atomic E-state index is 10.3. The average Bonchev–Trinajstić information content (AvgIpc) is 3.13. The minimum atomic E-state index is -1.11. The molecule has 1 rings (SSSR count). The van der Waals surface area contributed by atoms with Crippen molar-refractivity contribution in [1.29, 1.82) is 0 Å². The topological polar surface area (TPSA) is 379 Å². The molecule has 21 nitrogen and oxygen atoms in total. The number of nitrogens with zero attached hydrogens (tertiary/aromatic N) is 2. The Kier molecular flexibility index (Phi) is 48.3. The third kappa shape index (κ3) is 57.3. The van der Waals surface area contributed by atoms with Gasteiger partial charge in [-0.25, -0.2) is 48.3 Å². The Balaban J connectivity index is -0.000000104. The molecule has 0 heterocycles. The standard InChI is InChI=1S/C12H18N2O2.C5H12O4.C3H7NO2.5C3H4O2/c1-11(2)4-10(14-9-16)5-12(3,6-11)7-13-8-15;6-1-5(2-7,3-8)4-9;1-2-6-3(4)5;5*1-2-3(4)5/h10H,4-7H2,1-3H3;6-9H,1-4H2;2H2,1H3,(H2,4,5);5*2H,1H2,(H,4,5). The summed E-state index contributed by atoms with van der Waals surface area (Å²) in [7, 11) is 0. The van der Waals surface area contributed by atoms with E-state index in [1.54, 1.807) is 19.1 Å². The highest BCUT2D eigenvalue weighted by atomic mass is 16.5. The van der Waals surface area contributed by atoms with Gasteiger partial charge in [0, 0.05) is 30.4 Å². The second-order valence-corrected chi connectivity index (χ2v) is 11.4. The molecule has 1 fully saturated rings. The molecule has 0 aromatic heterocycles. The fraction of sp³-hybridized carbons (Fsp3) is 0.486. The van der Waals surface area contributed by atoms with Crippen molar-refractivity contribution < 1.29 is 89.1 Å². The van der Waals surface area contributed by atoms with Crippen LogP contribution in [0.15, 0.2) is 73.3 Å². The molecular weight excluding hydrogens is 750 g/mol. The van der Waals surface area contributed by atoms with Crippen LogP contribution in [0.25, 0.3) is 0 Å². The number of aliphatic imine (C=N–C) groups is 2. The number of carboxylic acid groups (broad SMARTS) is 5. The van der Waals surface area contributed by atoms with Crippen LogP contribution in [0, 0.1) is 16.2 Å². The molecule has 1 amide bonds. The molecular formula is C35H57N3O18. The van der Waals surface area contributed by atoms with Crippen LogP contribution in [0.5, 0.6) is 0 Å². The highest BCUT2D eigenvalue weighted by Crippen LogP contribution is 2.47. The fourth-order valence-electron chi connectivity index (χ4n) is 3.53. The lowest BCUT2D eigenvalue weighted by atomic mass is 9.63. The zero-order valence-corrected chi connectivity index (χ0v) is 32.0. The number of aliphatic carboxylic acids is 5. The molecule has 320 valence electrons. The fourth-order valence-corrected chi connectivity index (χ4v) is 3.53. The molecule has 2 unspecified atom stereocenters. The lowest BCUT2D eigenvalue weighted by Gasteiger charge is -2.44. The van der Waals surface area contributed by atoms with Crippen LogP contribution in [0.2, 0.25) is 0 Å². The lowest BCUT2D eigenvalue weighted by Crippen LogP contribution is -2.39. The Morgan fingerprint density at radius 3 is 1.16 bits per heavy atom. The molecule has 0 radical (unpaired) electrons. The first-order chi connectivity index (χ1) is 25.8. The monoisotopic (exact) mass is 807 g/mol. The van der Waals surface area contributed by atoms with Crippen LogP contribution in [-0.4, -0.2) is 140 Å². The minimum absolute atomic E-state index is 0.00750. The van der Waals surface area contributed by atoms with E-state index in [1.807, 2.05) is 0 Å². The van der Waals surface area contributed by atoms with Gasteiger partial charge in [0.2, 0.25) is 12.2 Å². The zero-order chi connectivity index (χ0) is 46.0. The summed E-state index contributed by atoms with van der Waals surface area (Å²) in [5.41, 5.74) is 3.49. The van der Waals surface area contributed by atoms with Crippen LogP contribution in [0.3, 0.4) is 0 Å². The molecule has 21 heteroatoms. The van der Waals surface area contributed by atoms with E-state index < -0.39 is 67.8 Å². The molecule has 0 bridgehead atoms. The van der Waals surface area contributed by atoms with Crippen LogP contribution in [0.1, 0.15) is 47.0 Å². The molecule has 0 aromatic rings. The van der Waals surface area contributed by atoms with Crippen LogP contribution in [0.4, 0.5) is 4.79 Å². The summed E-state index contributed by atoms with van der Waals surface area (Å²) in [6.45, 7) is 22.1. The van der Waals surface area contributed by atoms with E-state index in [2.05, 4.69) is 74.1 Å². The summed E-state index contributed by atoms with van der Waals surface area (Å²) in [4.78, 5) is 83.9. The van der Waals surface area contributed by atoms with E-state index in [9.17, 15) is 38.4 Å². The van der Waals surface area contributed by atoms with Crippen molar-refractivity contribution in [3.63, 3.8) is 0 Å². The predicted octanol–water partition coefficient (Wildman–Crippen LogP) is 1.57. The summed E-state index contributed by atoms with van der Waals surface area (Å²) in [6.07, 6.45) is 9.34. The van der Waals surface area contributed by atoms with E-state index in [0.717, 1.165) is 49.6 Å². The second-order valence-electron chi connectivity index (χ2n) is 11.4. The van der Waals surface area contributed by atoms with Gasteiger partial charge in [-0.15, -0.1) is 0 Å². The van der Waals surface area contributed by atoms with Crippen molar-refractivity contribution in [2.75, 3.05) is 39.6 Å². The Morgan fingerprint density at radius 1 is 0.696 bits per heavy atom. The number of carbonyl (C=O) groups excluding carboxylic acids is 3. The van der Waals surface area contributed by atoms with E-state index in [0.29, 0.717) is 13.2 Å². The van der Waals surface area contributed by atoms with Crippen molar-refractivity contribution in [3.8, 4) is 0 Å². The van der Waals surface area contributed by atoms with Gasteiger partial charge >= 0.3 is 35.9 Å². The van der Waals surface area contributed by atoms with E-state index in [4.69, 9.17) is 46.0 Å². The molecule has 0 aliphatic heterocycles. The van der Waals surface area contributed by atoms with Gasteiger partial charge in [0.05, 0.1) is 51.0 Å².